The highest BCUT2D eigenvalue weighted by molar-refractivity contribution is 7.99. The van der Waals surface area contributed by atoms with Gasteiger partial charge in [-0.25, -0.2) is 4.98 Å². The molecule has 0 fully saturated rings. The van der Waals surface area contributed by atoms with E-state index in [9.17, 15) is 0 Å². The Bertz CT molecular complexity index is 581. The van der Waals surface area contributed by atoms with Crippen LogP contribution in [0.5, 0.6) is 0 Å². The maximum Gasteiger partial charge on any atom is 0.105 e. The van der Waals surface area contributed by atoms with Crippen LogP contribution in [0.15, 0.2) is 46.5 Å². The Morgan fingerprint density at radius 3 is 2.70 bits per heavy atom. The van der Waals surface area contributed by atoms with Crippen LogP contribution in [0.3, 0.4) is 0 Å². The normalized spacial score (nSPS) is 12.4. The van der Waals surface area contributed by atoms with Crippen LogP contribution in [0, 0.1) is 13.8 Å². The fraction of sp³-hybridized carbons (Fsp3) is 0.353. The highest BCUT2D eigenvalue weighted by atomic mass is 32.2. The number of rotatable bonds is 5. The van der Waals surface area contributed by atoms with Gasteiger partial charge in [-0.1, -0.05) is 30.8 Å². The van der Waals surface area contributed by atoms with Crippen LogP contribution in [0.1, 0.15) is 36.6 Å². The van der Waals surface area contributed by atoms with Gasteiger partial charge in [0, 0.05) is 22.7 Å². The monoisotopic (exact) mass is 286 g/mol. The molecule has 0 saturated heterocycles. The van der Waals surface area contributed by atoms with E-state index in [0.29, 0.717) is 6.04 Å². The van der Waals surface area contributed by atoms with E-state index in [2.05, 4.69) is 62.3 Å². The summed E-state index contributed by atoms with van der Waals surface area (Å²) in [4.78, 5) is 5.80. The molecular formula is C17H22N2S. The highest BCUT2D eigenvalue weighted by Gasteiger charge is 2.11. The first-order valence-corrected chi connectivity index (χ1v) is 7.87. The van der Waals surface area contributed by atoms with E-state index in [1.165, 1.54) is 21.6 Å². The molecule has 2 rings (SSSR count). The van der Waals surface area contributed by atoms with E-state index in [4.69, 9.17) is 0 Å². The molecule has 0 aliphatic carbocycles. The van der Waals surface area contributed by atoms with Gasteiger partial charge < -0.3 is 5.32 Å². The van der Waals surface area contributed by atoms with Crippen molar-refractivity contribution in [1.82, 2.24) is 10.3 Å². The van der Waals surface area contributed by atoms with Gasteiger partial charge in [-0.15, -0.1) is 0 Å². The zero-order valence-electron chi connectivity index (χ0n) is 12.6. The Labute approximate surface area is 126 Å². The Morgan fingerprint density at radius 1 is 1.20 bits per heavy atom. The molecule has 2 aromatic rings. The lowest BCUT2D eigenvalue weighted by Crippen LogP contribution is -2.18. The molecule has 3 heteroatoms. The van der Waals surface area contributed by atoms with Crippen molar-refractivity contribution in [2.45, 2.75) is 43.7 Å². The van der Waals surface area contributed by atoms with Crippen molar-refractivity contribution in [3.8, 4) is 0 Å². The highest BCUT2D eigenvalue weighted by Crippen LogP contribution is 2.32. The summed E-state index contributed by atoms with van der Waals surface area (Å²) in [5, 5.41) is 4.54. The van der Waals surface area contributed by atoms with Crippen LogP contribution in [0.25, 0.3) is 0 Å². The summed E-state index contributed by atoms with van der Waals surface area (Å²) in [6.07, 6.45) is 1.87. The van der Waals surface area contributed by atoms with E-state index >= 15 is 0 Å². The number of pyridine rings is 1. The second kappa shape index (κ2) is 6.91. The van der Waals surface area contributed by atoms with Crippen molar-refractivity contribution in [1.29, 1.82) is 0 Å². The first kappa shape index (κ1) is 15.1. The van der Waals surface area contributed by atoms with Gasteiger partial charge in [0.05, 0.1) is 0 Å². The molecule has 0 spiro atoms. The third-order valence-corrected chi connectivity index (χ3v) is 4.49. The minimum Gasteiger partial charge on any atom is -0.310 e. The molecule has 0 saturated carbocycles. The minimum atomic E-state index is 0.322. The Balaban J connectivity index is 2.26. The van der Waals surface area contributed by atoms with Crippen molar-refractivity contribution < 1.29 is 0 Å². The van der Waals surface area contributed by atoms with Gasteiger partial charge in [0.25, 0.3) is 0 Å². The molecule has 1 aromatic carbocycles. The lowest BCUT2D eigenvalue weighted by atomic mass is 10.1. The van der Waals surface area contributed by atoms with E-state index < -0.39 is 0 Å². The molecule has 1 heterocycles. The van der Waals surface area contributed by atoms with Gasteiger partial charge in [-0.2, -0.15) is 0 Å². The molecule has 0 amide bonds. The average Bonchev–Trinajstić information content (AvgIpc) is 2.44. The van der Waals surface area contributed by atoms with Gasteiger partial charge in [0.2, 0.25) is 0 Å². The standard InChI is InChI=1S/C17H22N2S/c1-5-18-14(4)16-7-6-10-19-17(16)20-15-9-8-12(2)13(3)11-15/h6-11,14,18H,5H2,1-4H3. The van der Waals surface area contributed by atoms with Crippen LogP contribution in [0.2, 0.25) is 0 Å². The van der Waals surface area contributed by atoms with Gasteiger partial charge >= 0.3 is 0 Å². The van der Waals surface area contributed by atoms with E-state index in [1.807, 2.05) is 12.3 Å². The molecule has 106 valence electrons. The predicted octanol–water partition coefficient (Wildman–Crippen LogP) is 4.52. The zero-order valence-corrected chi connectivity index (χ0v) is 13.4. The van der Waals surface area contributed by atoms with E-state index in [-0.39, 0.29) is 0 Å². The molecular weight excluding hydrogens is 264 g/mol. The largest absolute Gasteiger partial charge is 0.310 e. The molecule has 1 atom stereocenters. The number of aryl methyl sites for hydroxylation is 2. The summed E-state index contributed by atoms with van der Waals surface area (Å²) in [6, 6.07) is 11.1. The number of hydrogen-bond donors (Lipinski definition) is 1. The minimum absolute atomic E-state index is 0.322. The summed E-state index contributed by atoms with van der Waals surface area (Å²) in [7, 11) is 0. The smallest absolute Gasteiger partial charge is 0.105 e. The molecule has 0 aliphatic heterocycles. The third kappa shape index (κ3) is 3.62. The van der Waals surface area contributed by atoms with Crippen molar-refractivity contribution in [3.63, 3.8) is 0 Å². The van der Waals surface area contributed by atoms with Crippen LogP contribution in [-0.4, -0.2) is 11.5 Å². The van der Waals surface area contributed by atoms with Crippen molar-refractivity contribution in [2.75, 3.05) is 6.54 Å². The summed E-state index contributed by atoms with van der Waals surface area (Å²) >= 11 is 1.74. The van der Waals surface area contributed by atoms with Crippen LogP contribution >= 0.6 is 11.8 Å². The van der Waals surface area contributed by atoms with Gasteiger partial charge in [-0.05, 0) is 56.6 Å². The second-order valence-corrected chi connectivity index (χ2v) is 6.09. The third-order valence-electron chi connectivity index (χ3n) is 3.47. The topological polar surface area (TPSA) is 24.9 Å². The molecule has 0 radical (unpaired) electrons. The average molecular weight is 286 g/mol. The lowest BCUT2D eigenvalue weighted by Gasteiger charge is -2.16. The molecule has 1 unspecified atom stereocenters. The Kier molecular flexibility index (Phi) is 5.21. The predicted molar refractivity (Wildman–Crippen MR) is 86.4 cm³/mol. The lowest BCUT2D eigenvalue weighted by molar-refractivity contribution is 0.585. The summed E-state index contributed by atoms with van der Waals surface area (Å²) in [5.74, 6) is 0. The molecule has 0 bridgehead atoms. The molecule has 2 nitrogen and oxygen atoms in total. The number of aromatic nitrogens is 1. The van der Waals surface area contributed by atoms with Crippen LogP contribution < -0.4 is 5.32 Å². The first-order chi connectivity index (χ1) is 9.61. The maximum atomic E-state index is 4.55. The number of benzene rings is 1. The molecule has 0 aliphatic rings. The fourth-order valence-electron chi connectivity index (χ4n) is 2.12. The second-order valence-electron chi connectivity index (χ2n) is 5.03. The van der Waals surface area contributed by atoms with Gasteiger partial charge in [0.1, 0.15) is 5.03 Å². The SMILES string of the molecule is CCNC(C)c1cccnc1Sc1ccc(C)c(C)c1. The maximum absolute atomic E-state index is 4.55. The number of hydrogen-bond acceptors (Lipinski definition) is 3. The molecule has 20 heavy (non-hydrogen) atoms. The van der Waals surface area contributed by atoms with Crippen molar-refractivity contribution in [2.24, 2.45) is 0 Å². The van der Waals surface area contributed by atoms with Gasteiger partial charge in [0.15, 0.2) is 0 Å². The van der Waals surface area contributed by atoms with Crippen molar-refractivity contribution in [3.05, 3.63) is 53.2 Å². The summed E-state index contributed by atoms with van der Waals surface area (Å²) in [6.45, 7) is 9.57. The molecule has 1 N–H and O–H groups in total. The summed E-state index contributed by atoms with van der Waals surface area (Å²) < 4.78 is 0. The van der Waals surface area contributed by atoms with Crippen LogP contribution in [0.4, 0.5) is 0 Å². The number of nitrogens with zero attached hydrogens (tertiary/aromatic N) is 1. The van der Waals surface area contributed by atoms with Crippen molar-refractivity contribution >= 4 is 11.8 Å². The van der Waals surface area contributed by atoms with Crippen LogP contribution in [-0.2, 0) is 0 Å². The fourth-order valence-corrected chi connectivity index (χ4v) is 3.19. The quantitative estimate of drug-likeness (QED) is 0.874. The van der Waals surface area contributed by atoms with E-state index in [1.54, 1.807) is 11.8 Å². The van der Waals surface area contributed by atoms with Gasteiger partial charge in [-0.3, -0.25) is 0 Å². The first-order valence-electron chi connectivity index (χ1n) is 7.05. The number of nitrogens with one attached hydrogen (secondary N) is 1. The zero-order chi connectivity index (χ0) is 14.5. The Morgan fingerprint density at radius 2 is 2.00 bits per heavy atom. The summed E-state index contributed by atoms with van der Waals surface area (Å²) in [5.41, 5.74) is 3.92. The molecule has 1 aromatic heterocycles. The Hall–Kier alpha value is -1.32. The van der Waals surface area contributed by atoms with E-state index in [0.717, 1.165) is 11.6 Å².